The van der Waals surface area contributed by atoms with Gasteiger partial charge in [0.25, 0.3) is 5.91 Å². The molecule has 0 bridgehead atoms. The Hall–Kier alpha value is -1.21. The maximum Gasteiger partial charge on any atom is 0.254 e. The second-order valence-electron chi connectivity index (χ2n) is 5.32. The van der Waals surface area contributed by atoms with E-state index in [1.807, 2.05) is 37.2 Å². The number of halogens is 1. The first-order valence-electron chi connectivity index (χ1n) is 6.63. The molecule has 0 saturated carbocycles. The normalized spacial score (nSPS) is 15.1. The molecule has 7 heteroatoms. The second-order valence-corrected chi connectivity index (χ2v) is 6.44. The molecule has 0 unspecified atom stereocenters. The summed E-state index contributed by atoms with van der Waals surface area (Å²) in [4.78, 5) is 20.8. The summed E-state index contributed by atoms with van der Waals surface area (Å²) in [6, 6.07) is 6.17. The zero-order valence-corrected chi connectivity index (χ0v) is 13.7. The minimum atomic E-state index is 0. The first-order chi connectivity index (χ1) is 9.58. The van der Waals surface area contributed by atoms with Crippen LogP contribution in [-0.4, -0.2) is 53.9 Å². The zero-order valence-electron chi connectivity index (χ0n) is 12.1. The molecule has 1 aromatic heterocycles. The van der Waals surface area contributed by atoms with Gasteiger partial charge in [-0.3, -0.25) is 4.79 Å². The Balaban J connectivity index is 0.00000161. The lowest BCUT2D eigenvalue weighted by Gasteiger charge is -2.42. The van der Waals surface area contributed by atoms with E-state index in [1.165, 1.54) is 0 Å². The van der Waals surface area contributed by atoms with Crippen molar-refractivity contribution in [2.45, 2.75) is 12.6 Å². The van der Waals surface area contributed by atoms with E-state index in [1.54, 1.807) is 11.3 Å². The molecule has 0 radical (unpaired) electrons. The van der Waals surface area contributed by atoms with E-state index in [-0.39, 0.29) is 18.3 Å². The van der Waals surface area contributed by atoms with Gasteiger partial charge in [0.15, 0.2) is 0 Å². The molecule has 2 heterocycles. The third kappa shape index (κ3) is 3.03. The van der Waals surface area contributed by atoms with E-state index in [2.05, 4.69) is 9.88 Å². The van der Waals surface area contributed by atoms with Crippen molar-refractivity contribution in [2.24, 2.45) is 5.73 Å². The molecule has 1 aliphatic rings. The molecule has 1 saturated heterocycles. The van der Waals surface area contributed by atoms with Crippen LogP contribution in [0.4, 0.5) is 0 Å². The first kappa shape index (κ1) is 16.2. The van der Waals surface area contributed by atoms with Crippen LogP contribution in [0, 0.1) is 0 Å². The van der Waals surface area contributed by atoms with Gasteiger partial charge in [-0.1, -0.05) is 0 Å². The van der Waals surface area contributed by atoms with Gasteiger partial charge in [-0.25, -0.2) is 4.98 Å². The predicted octanol–water partition coefficient (Wildman–Crippen LogP) is 1.56. The van der Waals surface area contributed by atoms with Crippen molar-refractivity contribution in [3.63, 3.8) is 0 Å². The fraction of sp³-hybridized carbons (Fsp3) is 0.429. The number of thiazole rings is 1. The quantitative estimate of drug-likeness (QED) is 0.930. The van der Waals surface area contributed by atoms with Gasteiger partial charge < -0.3 is 15.5 Å². The molecule has 0 atom stereocenters. The number of nitrogens with two attached hydrogens (primary N) is 1. The fourth-order valence-corrected chi connectivity index (χ4v) is 3.21. The molecule has 2 aromatic rings. The second kappa shape index (κ2) is 6.27. The van der Waals surface area contributed by atoms with Crippen LogP contribution in [-0.2, 0) is 6.54 Å². The van der Waals surface area contributed by atoms with E-state index in [0.717, 1.165) is 33.9 Å². The molecule has 0 spiro atoms. The fourth-order valence-electron chi connectivity index (χ4n) is 2.32. The monoisotopic (exact) mass is 326 g/mol. The van der Waals surface area contributed by atoms with Gasteiger partial charge >= 0.3 is 0 Å². The Kier molecular flexibility index (Phi) is 4.83. The van der Waals surface area contributed by atoms with Crippen molar-refractivity contribution in [1.82, 2.24) is 14.8 Å². The molecule has 2 N–H and O–H groups in total. The van der Waals surface area contributed by atoms with Crippen molar-refractivity contribution in [3.8, 4) is 0 Å². The number of hydrogen-bond donors (Lipinski definition) is 1. The standard InChI is InChI=1S/C14H18N4OS.ClH/c1-17(2)10-7-18(8-10)14(19)9-3-4-11-12(5-9)20-13(6-15)16-11;/h3-5,10H,6-8,15H2,1-2H3;1H. The Bertz CT molecular complexity index is 651. The van der Waals surface area contributed by atoms with E-state index >= 15 is 0 Å². The SMILES string of the molecule is CN(C)C1CN(C(=O)c2ccc3nc(CN)sc3c2)C1.Cl. The summed E-state index contributed by atoms with van der Waals surface area (Å²) in [5.41, 5.74) is 7.26. The molecule has 114 valence electrons. The van der Waals surface area contributed by atoms with Gasteiger partial charge in [-0.15, -0.1) is 23.7 Å². The molecule has 3 rings (SSSR count). The van der Waals surface area contributed by atoms with Crippen LogP contribution in [0.1, 0.15) is 15.4 Å². The predicted molar refractivity (Wildman–Crippen MR) is 88.1 cm³/mol. The van der Waals surface area contributed by atoms with E-state index in [0.29, 0.717) is 12.6 Å². The number of carbonyl (C=O) groups is 1. The van der Waals surface area contributed by atoms with Crippen LogP contribution in [0.5, 0.6) is 0 Å². The summed E-state index contributed by atoms with van der Waals surface area (Å²) in [5.74, 6) is 0.104. The van der Waals surface area contributed by atoms with E-state index in [9.17, 15) is 4.79 Å². The van der Waals surface area contributed by atoms with Gasteiger partial charge in [0.2, 0.25) is 0 Å². The third-order valence-corrected chi connectivity index (χ3v) is 4.77. The minimum Gasteiger partial charge on any atom is -0.335 e. The Morgan fingerprint density at radius 2 is 2.19 bits per heavy atom. The number of hydrogen-bond acceptors (Lipinski definition) is 5. The van der Waals surface area contributed by atoms with Gasteiger partial charge in [0.05, 0.1) is 10.2 Å². The van der Waals surface area contributed by atoms with Crippen LogP contribution in [0.3, 0.4) is 0 Å². The molecule has 1 amide bonds. The third-order valence-electron chi connectivity index (χ3n) is 3.73. The smallest absolute Gasteiger partial charge is 0.254 e. The number of likely N-dealkylation sites (N-methyl/N-ethyl adjacent to an activating group) is 1. The molecule has 1 aliphatic heterocycles. The number of amides is 1. The molecular weight excluding hydrogens is 308 g/mol. The summed E-state index contributed by atoms with van der Waals surface area (Å²) in [6.07, 6.45) is 0. The Labute approximate surface area is 134 Å². The highest BCUT2D eigenvalue weighted by Gasteiger charge is 2.32. The largest absolute Gasteiger partial charge is 0.335 e. The molecule has 1 aromatic carbocycles. The Morgan fingerprint density at radius 3 is 2.81 bits per heavy atom. The summed E-state index contributed by atoms with van der Waals surface area (Å²) in [7, 11) is 4.09. The number of aromatic nitrogens is 1. The maximum absolute atomic E-state index is 12.4. The number of carbonyl (C=O) groups excluding carboxylic acids is 1. The number of nitrogens with zero attached hydrogens (tertiary/aromatic N) is 3. The van der Waals surface area contributed by atoms with Crippen LogP contribution < -0.4 is 5.73 Å². The van der Waals surface area contributed by atoms with Crippen molar-refractivity contribution in [1.29, 1.82) is 0 Å². The summed E-state index contributed by atoms with van der Waals surface area (Å²) in [6.45, 7) is 2.06. The average Bonchev–Trinajstić information content (AvgIpc) is 2.78. The van der Waals surface area contributed by atoms with Gasteiger partial charge in [0.1, 0.15) is 5.01 Å². The highest BCUT2D eigenvalue weighted by molar-refractivity contribution is 7.18. The molecular formula is C14H19ClN4OS. The molecule has 21 heavy (non-hydrogen) atoms. The highest BCUT2D eigenvalue weighted by Crippen LogP contribution is 2.24. The summed E-state index contributed by atoms with van der Waals surface area (Å²) >= 11 is 1.56. The lowest BCUT2D eigenvalue weighted by atomic mass is 10.1. The minimum absolute atomic E-state index is 0. The summed E-state index contributed by atoms with van der Waals surface area (Å²) in [5, 5.41) is 0.904. The molecule has 1 fully saturated rings. The topological polar surface area (TPSA) is 62.5 Å². The lowest BCUT2D eigenvalue weighted by Crippen LogP contribution is -2.59. The van der Waals surface area contributed by atoms with Gasteiger partial charge in [-0.2, -0.15) is 0 Å². The van der Waals surface area contributed by atoms with Gasteiger partial charge in [0, 0.05) is 31.2 Å². The van der Waals surface area contributed by atoms with Gasteiger partial charge in [-0.05, 0) is 32.3 Å². The van der Waals surface area contributed by atoms with Crippen LogP contribution >= 0.6 is 23.7 Å². The van der Waals surface area contributed by atoms with Crippen molar-refractivity contribution >= 4 is 39.9 Å². The highest BCUT2D eigenvalue weighted by atomic mass is 35.5. The van der Waals surface area contributed by atoms with Crippen LogP contribution in [0.15, 0.2) is 18.2 Å². The molecule has 5 nitrogen and oxygen atoms in total. The first-order valence-corrected chi connectivity index (χ1v) is 7.45. The van der Waals surface area contributed by atoms with Crippen molar-refractivity contribution < 1.29 is 4.79 Å². The average molecular weight is 327 g/mol. The van der Waals surface area contributed by atoms with Crippen molar-refractivity contribution in [2.75, 3.05) is 27.2 Å². The van der Waals surface area contributed by atoms with E-state index < -0.39 is 0 Å². The zero-order chi connectivity index (χ0) is 14.3. The number of rotatable bonds is 3. The Morgan fingerprint density at radius 1 is 1.48 bits per heavy atom. The van der Waals surface area contributed by atoms with Crippen LogP contribution in [0.2, 0.25) is 0 Å². The van der Waals surface area contributed by atoms with Crippen LogP contribution in [0.25, 0.3) is 10.2 Å². The lowest BCUT2D eigenvalue weighted by molar-refractivity contribution is 0.0399. The maximum atomic E-state index is 12.4. The van der Waals surface area contributed by atoms with Crippen molar-refractivity contribution in [3.05, 3.63) is 28.8 Å². The number of likely N-dealkylation sites (tertiary alicyclic amines) is 1. The number of fused-ring (bicyclic) bond motifs is 1. The number of benzene rings is 1. The van der Waals surface area contributed by atoms with E-state index in [4.69, 9.17) is 5.73 Å². The molecule has 0 aliphatic carbocycles. The summed E-state index contributed by atoms with van der Waals surface area (Å²) < 4.78 is 1.03.